The zero-order valence-corrected chi connectivity index (χ0v) is 23.6. The molecule has 0 radical (unpaired) electrons. The van der Waals surface area contributed by atoms with Crippen LogP contribution in [0.3, 0.4) is 0 Å². The van der Waals surface area contributed by atoms with Crippen molar-refractivity contribution in [2.45, 2.75) is 38.6 Å². The second-order valence-corrected chi connectivity index (χ2v) is 12.0. The van der Waals surface area contributed by atoms with Crippen molar-refractivity contribution in [3.63, 3.8) is 0 Å². The van der Waals surface area contributed by atoms with Gasteiger partial charge < -0.3 is 15.4 Å². The number of nitrogens with one attached hydrogen (secondary N) is 2. The quantitative estimate of drug-likeness (QED) is 0.184. The van der Waals surface area contributed by atoms with Gasteiger partial charge in [-0.1, -0.05) is 18.9 Å². The molecule has 1 aliphatic rings. The normalized spacial score (nSPS) is 14.5. The smallest absolute Gasteiger partial charge is 0.253 e. The molecule has 0 saturated carbocycles. The average Bonchev–Trinajstić information content (AvgIpc) is 2.98. The molecule has 1 saturated heterocycles. The molecule has 3 aromatic rings. The second kappa shape index (κ2) is 15.0. The molecule has 3 heterocycles. The first kappa shape index (κ1) is 29.8. The minimum atomic E-state index is -3.43. The largest absolute Gasteiger partial charge is 0.380 e. The predicted molar refractivity (Wildman–Crippen MR) is 156 cm³/mol. The van der Waals surface area contributed by atoms with Gasteiger partial charge in [-0.25, -0.2) is 8.42 Å². The van der Waals surface area contributed by atoms with E-state index in [1.807, 2.05) is 12.1 Å². The number of anilines is 3. The number of morpholine rings is 1. The summed E-state index contributed by atoms with van der Waals surface area (Å²) >= 11 is 0. The third-order valence-electron chi connectivity index (χ3n) is 6.95. The summed E-state index contributed by atoms with van der Waals surface area (Å²) in [7, 11) is -3.43. The SMILES string of the molecule is O=c1c(NCCCCCCS(=O)(=O)N(CCCN2CCOCC2)Cc2cccnc2)c(Nc2ccncc2)c1=O. The van der Waals surface area contributed by atoms with Crippen molar-refractivity contribution in [1.29, 1.82) is 0 Å². The molecule has 11 nitrogen and oxygen atoms in total. The van der Waals surface area contributed by atoms with Crippen molar-refractivity contribution >= 4 is 27.1 Å². The van der Waals surface area contributed by atoms with Crippen molar-refractivity contribution in [2.75, 3.05) is 62.3 Å². The molecule has 0 amide bonds. The molecule has 0 unspecified atom stereocenters. The average molecular weight is 571 g/mol. The van der Waals surface area contributed by atoms with E-state index in [-0.39, 0.29) is 11.4 Å². The zero-order valence-electron chi connectivity index (χ0n) is 22.8. The van der Waals surface area contributed by atoms with Crippen LogP contribution in [0.4, 0.5) is 17.1 Å². The van der Waals surface area contributed by atoms with E-state index in [0.717, 1.165) is 64.1 Å². The molecule has 1 fully saturated rings. The Hall–Kier alpha value is -3.19. The summed E-state index contributed by atoms with van der Waals surface area (Å²) in [5, 5.41) is 6.03. The molecule has 12 heteroatoms. The first-order valence-corrected chi connectivity index (χ1v) is 15.5. The summed E-state index contributed by atoms with van der Waals surface area (Å²) in [6.07, 6.45) is 10.2. The van der Waals surface area contributed by atoms with Crippen molar-refractivity contribution in [3.8, 4) is 0 Å². The van der Waals surface area contributed by atoms with Crippen molar-refractivity contribution in [3.05, 3.63) is 75.1 Å². The van der Waals surface area contributed by atoms with E-state index in [2.05, 4.69) is 25.5 Å². The van der Waals surface area contributed by atoms with Crippen LogP contribution in [0, 0.1) is 0 Å². The Labute approximate surface area is 235 Å². The van der Waals surface area contributed by atoms with Crippen LogP contribution in [0.15, 0.2) is 58.6 Å². The third-order valence-corrected chi connectivity index (χ3v) is 8.85. The first-order chi connectivity index (χ1) is 19.4. The number of aromatic nitrogens is 2. The van der Waals surface area contributed by atoms with Gasteiger partial charge in [0.1, 0.15) is 11.4 Å². The van der Waals surface area contributed by atoms with Crippen LogP contribution in [0.5, 0.6) is 0 Å². The van der Waals surface area contributed by atoms with Gasteiger partial charge in [0.05, 0.1) is 19.0 Å². The Bertz CT molecular complexity index is 1360. The number of sulfonamides is 1. The van der Waals surface area contributed by atoms with Gasteiger partial charge in [0.2, 0.25) is 10.0 Å². The van der Waals surface area contributed by atoms with E-state index in [1.54, 1.807) is 41.2 Å². The zero-order chi connectivity index (χ0) is 28.2. The van der Waals surface area contributed by atoms with Crippen LogP contribution in [0.1, 0.15) is 37.7 Å². The van der Waals surface area contributed by atoms with E-state index in [9.17, 15) is 18.0 Å². The van der Waals surface area contributed by atoms with Crippen LogP contribution in [0.25, 0.3) is 0 Å². The van der Waals surface area contributed by atoms with Crippen LogP contribution in [-0.2, 0) is 21.3 Å². The van der Waals surface area contributed by atoms with Gasteiger partial charge in [-0.3, -0.25) is 24.5 Å². The van der Waals surface area contributed by atoms with Crippen molar-refractivity contribution in [2.24, 2.45) is 0 Å². The highest BCUT2D eigenvalue weighted by molar-refractivity contribution is 7.89. The number of rotatable bonds is 17. The summed E-state index contributed by atoms with van der Waals surface area (Å²) in [6.45, 7) is 5.38. The predicted octanol–water partition coefficient (Wildman–Crippen LogP) is 2.34. The molecule has 4 rings (SSSR count). The topological polar surface area (TPSA) is 134 Å². The molecule has 1 aromatic carbocycles. The minimum absolute atomic E-state index is 0.0936. The Morgan fingerprint density at radius 1 is 0.900 bits per heavy atom. The van der Waals surface area contributed by atoms with Crippen molar-refractivity contribution in [1.82, 2.24) is 19.2 Å². The van der Waals surface area contributed by atoms with E-state index in [0.29, 0.717) is 37.4 Å². The maximum atomic E-state index is 13.3. The lowest BCUT2D eigenvalue weighted by molar-refractivity contribution is 0.0368. The van der Waals surface area contributed by atoms with E-state index in [4.69, 9.17) is 4.74 Å². The number of hydrogen-bond acceptors (Lipinski definition) is 10. The lowest BCUT2D eigenvalue weighted by Gasteiger charge is -2.28. The highest BCUT2D eigenvalue weighted by Gasteiger charge is 2.23. The summed E-state index contributed by atoms with van der Waals surface area (Å²) in [5.41, 5.74) is 1.07. The molecule has 2 N–H and O–H groups in total. The maximum Gasteiger partial charge on any atom is 0.253 e. The van der Waals surface area contributed by atoms with Crippen LogP contribution >= 0.6 is 0 Å². The Kier molecular flexibility index (Phi) is 11.2. The van der Waals surface area contributed by atoms with Gasteiger partial charge in [0, 0.05) is 63.2 Å². The third kappa shape index (κ3) is 8.65. The molecular formula is C28H38N6O5S. The fraction of sp³-hybridized carbons (Fsp3) is 0.500. The van der Waals surface area contributed by atoms with Gasteiger partial charge in [-0.15, -0.1) is 0 Å². The summed E-state index contributed by atoms with van der Waals surface area (Å²) in [6, 6.07) is 7.16. The number of ether oxygens (including phenoxy) is 1. The maximum absolute atomic E-state index is 13.3. The number of hydrogen-bond donors (Lipinski definition) is 2. The summed E-state index contributed by atoms with van der Waals surface area (Å²) in [5.74, 6) is 0.0936. The van der Waals surface area contributed by atoms with E-state index < -0.39 is 20.9 Å². The molecule has 40 heavy (non-hydrogen) atoms. The molecule has 0 aliphatic carbocycles. The monoisotopic (exact) mass is 570 g/mol. The van der Waals surface area contributed by atoms with Gasteiger partial charge in [0.25, 0.3) is 10.9 Å². The highest BCUT2D eigenvalue weighted by atomic mass is 32.2. The molecule has 216 valence electrons. The fourth-order valence-corrected chi connectivity index (χ4v) is 6.25. The minimum Gasteiger partial charge on any atom is -0.380 e. The Morgan fingerprint density at radius 3 is 2.40 bits per heavy atom. The molecule has 0 bridgehead atoms. The fourth-order valence-electron chi connectivity index (χ4n) is 4.67. The van der Waals surface area contributed by atoms with Crippen LogP contribution < -0.4 is 21.5 Å². The molecule has 1 aliphatic heterocycles. The van der Waals surface area contributed by atoms with Gasteiger partial charge >= 0.3 is 0 Å². The molecular weight excluding hydrogens is 532 g/mol. The summed E-state index contributed by atoms with van der Waals surface area (Å²) < 4.78 is 33.5. The van der Waals surface area contributed by atoms with Crippen molar-refractivity contribution < 1.29 is 13.2 Å². The lowest BCUT2D eigenvalue weighted by atomic mass is 10.1. The molecule has 0 atom stereocenters. The first-order valence-electron chi connectivity index (χ1n) is 13.8. The number of pyridine rings is 2. The van der Waals surface area contributed by atoms with Crippen LogP contribution in [0.2, 0.25) is 0 Å². The lowest BCUT2D eigenvalue weighted by Crippen LogP contribution is -2.39. The van der Waals surface area contributed by atoms with E-state index in [1.165, 1.54) is 0 Å². The number of unbranched alkanes of at least 4 members (excludes halogenated alkanes) is 3. The Balaban J connectivity index is 1.19. The van der Waals surface area contributed by atoms with Crippen LogP contribution in [-0.4, -0.2) is 79.3 Å². The molecule has 0 spiro atoms. The van der Waals surface area contributed by atoms with E-state index >= 15 is 0 Å². The van der Waals surface area contributed by atoms with Gasteiger partial charge in [-0.05, 0) is 49.6 Å². The second-order valence-electron chi connectivity index (χ2n) is 9.93. The highest BCUT2D eigenvalue weighted by Crippen LogP contribution is 2.20. The van der Waals surface area contributed by atoms with Gasteiger partial charge in [-0.2, -0.15) is 4.31 Å². The van der Waals surface area contributed by atoms with Gasteiger partial charge in [0.15, 0.2) is 0 Å². The molecule has 2 aromatic heterocycles. The Morgan fingerprint density at radius 2 is 1.65 bits per heavy atom. The summed E-state index contributed by atoms with van der Waals surface area (Å²) in [4.78, 5) is 34.3. The standard InChI is InChI=1S/C28H38N6O5S/c35-27-25(26(28(27)36)32-24-8-12-29-13-9-24)31-11-3-1-2-4-20-40(37,38)34(22-23-7-5-10-30-21-23)15-6-14-33-16-18-39-19-17-33/h5,7-10,12-13,21,31H,1-4,6,11,14-20,22H2,(H,29,32). The number of nitrogens with zero attached hydrogens (tertiary/aromatic N) is 4.